The Labute approximate surface area is 126 Å². The summed E-state index contributed by atoms with van der Waals surface area (Å²) in [6.07, 6.45) is 1.77. The number of aromatic nitrogens is 2. The number of likely N-dealkylation sites (tertiary alicyclic amines) is 1. The standard InChI is InChI=1S/C15H25N5O/c1-12-10-18(2)11-13(12)19-6-8-20(9-7-19)15-16-5-4-14(17-15)21-3/h4-5,12-13H,6-11H2,1-3H3/t12-,13+/m1/s1. The molecule has 3 rings (SSSR count). The molecule has 0 amide bonds. The molecule has 21 heavy (non-hydrogen) atoms. The third-order valence-electron chi connectivity index (χ3n) is 4.65. The molecule has 0 spiro atoms. The Morgan fingerprint density at radius 3 is 2.57 bits per heavy atom. The van der Waals surface area contributed by atoms with E-state index in [1.54, 1.807) is 19.4 Å². The lowest BCUT2D eigenvalue weighted by molar-refractivity contribution is 0.163. The molecule has 2 aliphatic rings. The first-order chi connectivity index (χ1) is 10.2. The van der Waals surface area contributed by atoms with E-state index in [-0.39, 0.29) is 0 Å². The second-order valence-electron chi connectivity index (χ2n) is 6.19. The molecule has 116 valence electrons. The Hall–Kier alpha value is -1.40. The molecule has 0 aromatic carbocycles. The monoisotopic (exact) mass is 291 g/mol. The zero-order valence-corrected chi connectivity index (χ0v) is 13.2. The van der Waals surface area contributed by atoms with E-state index in [1.807, 2.05) is 0 Å². The molecule has 6 heteroatoms. The van der Waals surface area contributed by atoms with Crippen molar-refractivity contribution in [3.8, 4) is 5.88 Å². The van der Waals surface area contributed by atoms with Gasteiger partial charge in [-0.1, -0.05) is 6.92 Å². The molecule has 0 aliphatic carbocycles. The molecular formula is C15H25N5O. The average Bonchev–Trinajstić information content (AvgIpc) is 2.86. The van der Waals surface area contributed by atoms with Gasteiger partial charge in [-0.25, -0.2) is 4.98 Å². The van der Waals surface area contributed by atoms with Crippen molar-refractivity contribution in [3.63, 3.8) is 0 Å². The van der Waals surface area contributed by atoms with Crippen molar-refractivity contribution >= 4 is 5.95 Å². The number of likely N-dealkylation sites (N-methyl/N-ethyl adjacent to an activating group) is 1. The Morgan fingerprint density at radius 1 is 1.19 bits per heavy atom. The van der Waals surface area contributed by atoms with Crippen LogP contribution < -0.4 is 9.64 Å². The molecule has 0 unspecified atom stereocenters. The molecule has 3 heterocycles. The molecule has 6 nitrogen and oxygen atoms in total. The van der Waals surface area contributed by atoms with Gasteiger partial charge in [0.25, 0.3) is 0 Å². The van der Waals surface area contributed by atoms with Gasteiger partial charge in [-0.15, -0.1) is 0 Å². The number of nitrogens with zero attached hydrogens (tertiary/aromatic N) is 5. The van der Waals surface area contributed by atoms with E-state index >= 15 is 0 Å². The molecule has 1 aromatic rings. The van der Waals surface area contributed by atoms with E-state index in [9.17, 15) is 0 Å². The fourth-order valence-electron chi connectivity index (χ4n) is 3.51. The minimum Gasteiger partial charge on any atom is -0.481 e. The molecule has 0 saturated carbocycles. The summed E-state index contributed by atoms with van der Waals surface area (Å²) in [6, 6.07) is 2.49. The molecule has 0 bridgehead atoms. The number of hydrogen-bond donors (Lipinski definition) is 0. The van der Waals surface area contributed by atoms with Crippen LogP contribution in [0.3, 0.4) is 0 Å². The largest absolute Gasteiger partial charge is 0.481 e. The lowest BCUT2D eigenvalue weighted by atomic mass is 10.0. The minimum atomic E-state index is 0.633. The zero-order valence-electron chi connectivity index (χ0n) is 13.2. The van der Waals surface area contributed by atoms with Gasteiger partial charge in [-0.3, -0.25) is 4.90 Å². The van der Waals surface area contributed by atoms with Gasteiger partial charge in [-0.05, 0) is 13.0 Å². The van der Waals surface area contributed by atoms with Gasteiger partial charge in [-0.2, -0.15) is 4.98 Å². The van der Waals surface area contributed by atoms with Crippen molar-refractivity contribution in [2.24, 2.45) is 5.92 Å². The summed E-state index contributed by atoms with van der Waals surface area (Å²) in [6.45, 7) is 8.92. The Bertz CT molecular complexity index is 475. The van der Waals surface area contributed by atoms with Crippen LogP contribution in [0.4, 0.5) is 5.95 Å². The van der Waals surface area contributed by atoms with Crippen LogP contribution in [0.25, 0.3) is 0 Å². The first-order valence-electron chi connectivity index (χ1n) is 7.72. The molecule has 2 saturated heterocycles. The molecule has 0 N–H and O–H groups in total. The zero-order chi connectivity index (χ0) is 14.8. The van der Waals surface area contributed by atoms with Crippen LogP contribution in [0.5, 0.6) is 5.88 Å². The predicted octanol–water partition coefficient (Wildman–Crippen LogP) is 0.557. The molecule has 2 fully saturated rings. The van der Waals surface area contributed by atoms with Crippen LogP contribution in [0, 0.1) is 5.92 Å². The van der Waals surface area contributed by atoms with Crippen molar-refractivity contribution in [1.82, 2.24) is 19.8 Å². The Balaban J connectivity index is 1.60. The first-order valence-corrected chi connectivity index (χ1v) is 7.72. The highest BCUT2D eigenvalue weighted by Crippen LogP contribution is 2.23. The highest BCUT2D eigenvalue weighted by Gasteiger charge is 2.33. The molecule has 2 aliphatic heterocycles. The number of methoxy groups -OCH3 is 1. The highest BCUT2D eigenvalue weighted by molar-refractivity contribution is 5.32. The predicted molar refractivity (Wildman–Crippen MR) is 82.8 cm³/mol. The minimum absolute atomic E-state index is 0.633. The number of anilines is 1. The van der Waals surface area contributed by atoms with Crippen LogP contribution in [0.15, 0.2) is 12.3 Å². The van der Waals surface area contributed by atoms with Crippen LogP contribution in [0.1, 0.15) is 6.92 Å². The van der Waals surface area contributed by atoms with Crippen LogP contribution in [-0.2, 0) is 0 Å². The van der Waals surface area contributed by atoms with Gasteiger partial charge in [0, 0.05) is 57.6 Å². The van der Waals surface area contributed by atoms with Crippen molar-refractivity contribution in [3.05, 3.63) is 12.3 Å². The van der Waals surface area contributed by atoms with E-state index in [0.717, 1.165) is 38.0 Å². The van der Waals surface area contributed by atoms with E-state index in [1.165, 1.54) is 13.1 Å². The van der Waals surface area contributed by atoms with Gasteiger partial charge in [0.2, 0.25) is 11.8 Å². The van der Waals surface area contributed by atoms with Crippen LogP contribution in [-0.4, -0.2) is 79.2 Å². The van der Waals surface area contributed by atoms with Gasteiger partial charge in [0.05, 0.1) is 7.11 Å². The average molecular weight is 291 g/mol. The fraction of sp³-hybridized carbons (Fsp3) is 0.733. The maximum absolute atomic E-state index is 5.18. The van der Waals surface area contributed by atoms with Gasteiger partial charge >= 0.3 is 0 Å². The fourth-order valence-corrected chi connectivity index (χ4v) is 3.51. The number of piperazine rings is 1. The smallest absolute Gasteiger partial charge is 0.228 e. The van der Waals surface area contributed by atoms with E-state index < -0.39 is 0 Å². The van der Waals surface area contributed by atoms with Crippen molar-refractivity contribution in [2.45, 2.75) is 13.0 Å². The molecule has 2 atom stereocenters. The maximum Gasteiger partial charge on any atom is 0.228 e. The van der Waals surface area contributed by atoms with Crippen molar-refractivity contribution in [2.75, 3.05) is 58.3 Å². The van der Waals surface area contributed by atoms with E-state index in [4.69, 9.17) is 4.74 Å². The van der Waals surface area contributed by atoms with Crippen LogP contribution >= 0.6 is 0 Å². The molecular weight excluding hydrogens is 266 g/mol. The van der Waals surface area contributed by atoms with Gasteiger partial charge < -0.3 is 14.5 Å². The lowest BCUT2D eigenvalue weighted by Crippen LogP contribution is -2.52. The normalized spacial score (nSPS) is 28.0. The summed E-state index contributed by atoms with van der Waals surface area (Å²) in [4.78, 5) is 16.1. The van der Waals surface area contributed by atoms with Crippen molar-refractivity contribution in [1.29, 1.82) is 0 Å². The third-order valence-corrected chi connectivity index (χ3v) is 4.65. The van der Waals surface area contributed by atoms with Gasteiger partial charge in [0.1, 0.15) is 0 Å². The lowest BCUT2D eigenvalue weighted by Gasteiger charge is -2.39. The van der Waals surface area contributed by atoms with E-state index in [2.05, 4.69) is 38.6 Å². The maximum atomic E-state index is 5.18. The van der Waals surface area contributed by atoms with Gasteiger partial charge in [0.15, 0.2) is 0 Å². The molecule has 0 radical (unpaired) electrons. The van der Waals surface area contributed by atoms with E-state index in [0.29, 0.717) is 11.9 Å². The SMILES string of the molecule is COc1ccnc(N2CCN([C@H]3CN(C)C[C@H]3C)CC2)n1. The summed E-state index contributed by atoms with van der Waals surface area (Å²) >= 11 is 0. The summed E-state index contributed by atoms with van der Waals surface area (Å²) in [7, 11) is 3.86. The first kappa shape index (κ1) is 14.5. The summed E-state index contributed by atoms with van der Waals surface area (Å²) < 4.78 is 5.18. The Kier molecular flexibility index (Phi) is 4.26. The summed E-state index contributed by atoms with van der Waals surface area (Å²) in [5.41, 5.74) is 0. The number of ether oxygens (including phenoxy) is 1. The second kappa shape index (κ2) is 6.15. The summed E-state index contributed by atoms with van der Waals surface area (Å²) in [5.74, 6) is 2.17. The van der Waals surface area contributed by atoms with Crippen LogP contribution in [0.2, 0.25) is 0 Å². The third kappa shape index (κ3) is 3.11. The summed E-state index contributed by atoms with van der Waals surface area (Å²) in [5, 5.41) is 0. The topological polar surface area (TPSA) is 44.7 Å². The number of rotatable bonds is 3. The number of hydrogen-bond acceptors (Lipinski definition) is 6. The quantitative estimate of drug-likeness (QED) is 0.811. The second-order valence-corrected chi connectivity index (χ2v) is 6.19. The highest BCUT2D eigenvalue weighted by atomic mass is 16.5. The van der Waals surface area contributed by atoms with Crippen molar-refractivity contribution < 1.29 is 4.74 Å². The molecule has 1 aromatic heterocycles. The Morgan fingerprint density at radius 2 is 1.95 bits per heavy atom.